The van der Waals surface area contributed by atoms with Crippen LogP contribution in [-0.2, 0) is 4.79 Å². The first-order valence-electron chi connectivity index (χ1n) is 6.44. The van der Waals surface area contributed by atoms with Crippen LogP contribution in [0, 0.1) is 0 Å². The third-order valence-corrected chi connectivity index (χ3v) is 3.03. The third-order valence-electron chi connectivity index (χ3n) is 3.03. The standard InChI is InChI=1S/C14H16N4O/c19-14(10-15-11-5-6-11)17-12-3-1-4-13(9-12)18-8-2-7-16-18/h1-4,7-9,11,15H,5-6,10H2,(H,17,19). The average molecular weight is 256 g/mol. The second-order valence-electron chi connectivity index (χ2n) is 4.70. The predicted octanol–water partition coefficient (Wildman–Crippen LogP) is 1.56. The summed E-state index contributed by atoms with van der Waals surface area (Å²) >= 11 is 0. The van der Waals surface area contributed by atoms with Crippen LogP contribution >= 0.6 is 0 Å². The van der Waals surface area contributed by atoms with Crippen molar-refractivity contribution < 1.29 is 4.79 Å². The Hall–Kier alpha value is -2.14. The Morgan fingerprint density at radius 1 is 1.37 bits per heavy atom. The third kappa shape index (κ3) is 3.20. The van der Waals surface area contributed by atoms with Crippen LogP contribution in [0.15, 0.2) is 42.7 Å². The van der Waals surface area contributed by atoms with Gasteiger partial charge in [-0.3, -0.25) is 4.79 Å². The van der Waals surface area contributed by atoms with Crippen LogP contribution in [0.5, 0.6) is 0 Å². The largest absolute Gasteiger partial charge is 0.325 e. The average Bonchev–Trinajstić information content (AvgIpc) is 3.09. The van der Waals surface area contributed by atoms with Gasteiger partial charge in [0.15, 0.2) is 0 Å². The number of carbonyl (C=O) groups is 1. The molecule has 1 aromatic carbocycles. The minimum atomic E-state index is -0.00971. The molecule has 5 heteroatoms. The summed E-state index contributed by atoms with van der Waals surface area (Å²) in [5.41, 5.74) is 1.72. The summed E-state index contributed by atoms with van der Waals surface area (Å²) < 4.78 is 1.76. The highest BCUT2D eigenvalue weighted by molar-refractivity contribution is 5.92. The molecule has 1 heterocycles. The van der Waals surface area contributed by atoms with Crippen LogP contribution in [0.3, 0.4) is 0 Å². The first kappa shape index (κ1) is 11.9. The van der Waals surface area contributed by atoms with E-state index in [1.807, 2.05) is 36.5 Å². The molecule has 0 bridgehead atoms. The monoisotopic (exact) mass is 256 g/mol. The number of amides is 1. The number of nitrogens with one attached hydrogen (secondary N) is 2. The van der Waals surface area contributed by atoms with Gasteiger partial charge in [0.05, 0.1) is 12.2 Å². The number of hydrogen-bond acceptors (Lipinski definition) is 3. The lowest BCUT2D eigenvalue weighted by Gasteiger charge is -2.08. The van der Waals surface area contributed by atoms with Gasteiger partial charge in [-0.1, -0.05) is 6.07 Å². The summed E-state index contributed by atoms with van der Waals surface area (Å²) in [6.07, 6.45) is 5.96. The molecule has 5 nitrogen and oxygen atoms in total. The van der Waals surface area contributed by atoms with E-state index >= 15 is 0 Å². The van der Waals surface area contributed by atoms with E-state index in [1.54, 1.807) is 10.9 Å². The van der Waals surface area contributed by atoms with Gasteiger partial charge < -0.3 is 10.6 Å². The molecule has 0 spiro atoms. The maximum absolute atomic E-state index is 11.7. The van der Waals surface area contributed by atoms with Gasteiger partial charge in [-0.15, -0.1) is 0 Å². The summed E-state index contributed by atoms with van der Waals surface area (Å²) in [4.78, 5) is 11.7. The smallest absolute Gasteiger partial charge is 0.238 e. The molecule has 0 unspecified atom stereocenters. The Kier molecular flexibility index (Phi) is 3.29. The van der Waals surface area contributed by atoms with Gasteiger partial charge in [0, 0.05) is 24.1 Å². The van der Waals surface area contributed by atoms with Crippen molar-refractivity contribution in [3.63, 3.8) is 0 Å². The molecule has 19 heavy (non-hydrogen) atoms. The molecule has 0 saturated heterocycles. The Labute approximate surface area is 111 Å². The van der Waals surface area contributed by atoms with Gasteiger partial charge in [0.2, 0.25) is 5.91 Å². The van der Waals surface area contributed by atoms with Gasteiger partial charge >= 0.3 is 0 Å². The van der Waals surface area contributed by atoms with Crippen LogP contribution in [0.1, 0.15) is 12.8 Å². The van der Waals surface area contributed by atoms with Crippen LogP contribution in [0.25, 0.3) is 5.69 Å². The van der Waals surface area contributed by atoms with Gasteiger partial charge in [0.25, 0.3) is 0 Å². The minimum Gasteiger partial charge on any atom is -0.325 e. The number of rotatable bonds is 5. The fraction of sp³-hybridized carbons (Fsp3) is 0.286. The first-order valence-corrected chi connectivity index (χ1v) is 6.44. The number of benzene rings is 1. The number of nitrogens with zero attached hydrogens (tertiary/aromatic N) is 2. The molecule has 1 aromatic heterocycles. The highest BCUT2D eigenvalue weighted by atomic mass is 16.1. The van der Waals surface area contributed by atoms with Crippen molar-refractivity contribution in [2.45, 2.75) is 18.9 Å². The normalized spacial score (nSPS) is 14.3. The van der Waals surface area contributed by atoms with Gasteiger partial charge in [-0.25, -0.2) is 4.68 Å². The highest BCUT2D eigenvalue weighted by Gasteiger charge is 2.21. The number of carbonyl (C=O) groups excluding carboxylic acids is 1. The lowest BCUT2D eigenvalue weighted by molar-refractivity contribution is -0.115. The molecular weight excluding hydrogens is 240 g/mol. The van der Waals surface area contributed by atoms with E-state index in [1.165, 1.54) is 12.8 Å². The molecule has 2 aromatic rings. The topological polar surface area (TPSA) is 59.0 Å². The van der Waals surface area contributed by atoms with Crippen LogP contribution in [0.4, 0.5) is 5.69 Å². The summed E-state index contributed by atoms with van der Waals surface area (Å²) in [6.45, 7) is 0.372. The SMILES string of the molecule is O=C(CNC1CC1)Nc1cccc(-n2cccn2)c1. The highest BCUT2D eigenvalue weighted by Crippen LogP contribution is 2.18. The van der Waals surface area contributed by atoms with Crippen molar-refractivity contribution in [2.24, 2.45) is 0 Å². The zero-order valence-electron chi connectivity index (χ0n) is 10.5. The second kappa shape index (κ2) is 5.24. The van der Waals surface area contributed by atoms with Crippen molar-refractivity contribution in [1.29, 1.82) is 0 Å². The molecule has 0 aliphatic heterocycles. The molecule has 1 amide bonds. The van der Waals surface area contributed by atoms with Crippen LogP contribution in [-0.4, -0.2) is 28.3 Å². The van der Waals surface area contributed by atoms with Crippen molar-refractivity contribution in [3.05, 3.63) is 42.7 Å². The Bertz CT molecular complexity index is 561. The van der Waals surface area contributed by atoms with Crippen LogP contribution in [0.2, 0.25) is 0 Å². The van der Waals surface area contributed by atoms with Crippen molar-refractivity contribution in [3.8, 4) is 5.69 Å². The molecule has 1 aliphatic carbocycles. The Balaban J connectivity index is 1.63. The van der Waals surface area contributed by atoms with E-state index in [9.17, 15) is 4.79 Å². The summed E-state index contributed by atoms with van der Waals surface area (Å²) in [5.74, 6) is -0.00971. The molecule has 0 radical (unpaired) electrons. The van der Waals surface area contributed by atoms with Gasteiger partial charge in [0.1, 0.15) is 0 Å². The van der Waals surface area contributed by atoms with E-state index in [-0.39, 0.29) is 5.91 Å². The van der Waals surface area contributed by atoms with E-state index in [4.69, 9.17) is 0 Å². The molecule has 1 fully saturated rings. The van der Waals surface area contributed by atoms with E-state index in [2.05, 4.69) is 15.7 Å². The zero-order chi connectivity index (χ0) is 13.1. The zero-order valence-corrected chi connectivity index (χ0v) is 10.5. The number of aromatic nitrogens is 2. The maximum Gasteiger partial charge on any atom is 0.238 e. The van der Waals surface area contributed by atoms with Crippen molar-refractivity contribution in [2.75, 3.05) is 11.9 Å². The van der Waals surface area contributed by atoms with E-state index in [0.717, 1.165) is 11.4 Å². The Morgan fingerprint density at radius 3 is 3.00 bits per heavy atom. The molecule has 1 aliphatic rings. The summed E-state index contributed by atoms with van der Waals surface area (Å²) in [5, 5.41) is 10.2. The predicted molar refractivity (Wildman–Crippen MR) is 73.2 cm³/mol. The minimum absolute atomic E-state index is 0.00971. The number of anilines is 1. The quantitative estimate of drug-likeness (QED) is 0.853. The lowest BCUT2D eigenvalue weighted by Crippen LogP contribution is -2.29. The molecule has 1 saturated carbocycles. The molecular formula is C14H16N4O. The fourth-order valence-electron chi connectivity index (χ4n) is 1.88. The van der Waals surface area contributed by atoms with Crippen molar-refractivity contribution in [1.82, 2.24) is 15.1 Å². The molecule has 0 atom stereocenters. The molecule has 2 N–H and O–H groups in total. The maximum atomic E-state index is 11.7. The van der Waals surface area contributed by atoms with Crippen LogP contribution < -0.4 is 10.6 Å². The Morgan fingerprint density at radius 2 is 2.26 bits per heavy atom. The number of hydrogen-bond donors (Lipinski definition) is 2. The molecule has 3 rings (SSSR count). The van der Waals surface area contributed by atoms with E-state index in [0.29, 0.717) is 12.6 Å². The van der Waals surface area contributed by atoms with Gasteiger partial charge in [-0.2, -0.15) is 5.10 Å². The lowest BCUT2D eigenvalue weighted by atomic mass is 10.2. The second-order valence-corrected chi connectivity index (χ2v) is 4.70. The van der Waals surface area contributed by atoms with Gasteiger partial charge in [-0.05, 0) is 37.1 Å². The fourth-order valence-corrected chi connectivity index (χ4v) is 1.88. The summed E-state index contributed by atoms with van der Waals surface area (Å²) in [6, 6.07) is 10.0. The summed E-state index contributed by atoms with van der Waals surface area (Å²) in [7, 11) is 0. The molecule has 98 valence electrons. The first-order chi connectivity index (χ1) is 9.31. The van der Waals surface area contributed by atoms with Crippen molar-refractivity contribution >= 4 is 11.6 Å². The van der Waals surface area contributed by atoms with E-state index < -0.39 is 0 Å².